The summed E-state index contributed by atoms with van der Waals surface area (Å²) in [7, 11) is -2.47. The van der Waals surface area contributed by atoms with Crippen molar-refractivity contribution in [2.75, 3.05) is 16.7 Å². The summed E-state index contributed by atoms with van der Waals surface area (Å²) in [5.41, 5.74) is 1.49. The van der Waals surface area contributed by atoms with E-state index >= 15 is 0 Å². The van der Waals surface area contributed by atoms with Crippen LogP contribution in [0.4, 0.5) is 10.8 Å². The van der Waals surface area contributed by atoms with Gasteiger partial charge >= 0.3 is 0 Å². The molecule has 0 fully saturated rings. The van der Waals surface area contributed by atoms with Gasteiger partial charge in [0.15, 0.2) is 0 Å². The molecular formula is C22H17ClN4O3S2. The molecule has 4 rings (SSSR count). The molecule has 0 saturated carbocycles. The molecule has 1 aromatic heterocycles. The summed E-state index contributed by atoms with van der Waals surface area (Å²) in [6, 6.07) is 21.8. The van der Waals surface area contributed by atoms with Crippen molar-refractivity contribution in [3.63, 3.8) is 0 Å². The lowest BCUT2D eigenvalue weighted by atomic mass is 10.2. The van der Waals surface area contributed by atoms with Gasteiger partial charge < -0.3 is 0 Å². The highest BCUT2D eigenvalue weighted by Crippen LogP contribution is 2.27. The minimum atomic E-state index is -3.90. The first-order valence-electron chi connectivity index (χ1n) is 9.39. The second-order valence-electron chi connectivity index (χ2n) is 6.71. The van der Waals surface area contributed by atoms with Crippen molar-refractivity contribution in [1.29, 1.82) is 0 Å². The summed E-state index contributed by atoms with van der Waals surface area (Å²) < 4.78 is 27.3. The van der Waals surface area contributed by atoms with Crippen LogP contribution in [0.3, 0.4) is 0 Å². The molecule has 3 aromatic carbocycles. The first-order valence-corrected chi connectivity index (χ1v) is 12.0. The summed E-state index contributed by atoms with van der Waals surface area (Å²) in [6.45, 7) is 0. The van der Waals surface area contributed by atoms with Crippen LogP contribution in [0.25, 0.3) is 10.6 Å². The number of rotatable bonds is 6. The fourth-order valence-corrected chi connectivity index (χ4v) is 5.07. The minimum absolute atomic E-state index is 0.0186. The fraction of sp³-hybridized carbons (Fsp3) is 0.0455. The lowest BCUT2D eigenvalue weighted by Gasteiger charge is -2.20. The molecule has 0 atom stereocenters. The molecular weight excluding hydrogens is 468 g/mol. The highest BCUT2D eigenvalue weighted by atomic mass is 35.5. The van der Waals surface area contributed by atoms with Gasteiger partial charge in [0.1, 0.15) is 5.01 Å². The summed E-state index contributed by atoms with van der Waals surface area (Å²) in [5.74, 6) is -0.483. The van der Waals surface area contributed by atoms with E-state index in [-0.39, 0.29) is 10.5 Å². The number of nitrogens with one attached hydrogen (secondary N) is 1. The van der Waals surface area contributed by atoms with Gasteiger partial charge in [-0.05, 0) is 36.4 Å². The number of nitrogens with zero attached hydrogens (tertiary/aromatic N) is 3. The van der Waals surface area contributed by atoms with E-state index in [0.717, 1.165) is 9.87 Å². The zero-order valence-corrected chi connectivity index (χ0v) is 19.2. The third kappa shape index (κ3) is 4.64. The van der Waals surface area contributed by atoms with E-state index in [1.54, 1.807) is 24.3 Å². The normalized spacial score (nSPS) is 11.2. The maximum atomic E-state index is 13.1. The minimum Gasteiger partial charge on any atom is -0.296 e. The van der Waals surface area contributed by atoms with Gasteiger partial charge in [-0.3, -0.25) is 14.4 Å². The molecule has 0 aliphatic rings. The Morgan fingerprint density at radius 3 is 2.47 bits per heavy atom. The monoisotopic (exact) mass is 484 g/mol. The molecule has 4 aromatic rings. The van der Waals surface area contributed by atoms with Crippen LogP contribution < -0.4 is 9.62 Å². The van der Waals surface area contributed by atoms with E-state index in [0.29, 0.717) is 20.8 Å². The number of benzene rings is 3. The molecule has 0 aliphatic carbocycles. The number of sulfonamides is 1. The van der Waals surface area contributed by atoms with Crippen molar-refractivity contribution in [2.24, 2.45) is 0 Å². The summed E-state index contributed by atoms with van der Waals surface area (Å²) in [6.07, 6.45) is 0. The van der Waals surface area contributed by atoms with Gasteiger partial charge in [0.05, 0.1) is 10.6 Å². The zero-order chi connectivity index (χ0) is 22.7. The molecule has 10 heteroatoms. The van der Waals surface area contributed by atoms with E-state index < -0.39 is 15.9 Å². The van der Waals surface area contributed by atoms with Crippen LogP contribution in [0.15, 0.2) is 83.8 Å². The number of carbonyl (C=O) groups is 1. The largest absolute Gasteiger partial charge is 0.296 e. The number of anilines is 2. The number of hydrogen-bond acceptors (Lipinski definition) is 6. The molecule has 0 saturated heterocycles. The third-order valence-corrected chi connectivity index (χ3v) is 7.50. The number of halogens is 1. The first kappa shape index (κ1) is 21.9. The molecule has 0 aliphatic heterocycles. The van der Waals surface area contributed by atoms with Gasteiger partial charge in [-0.1, -0.05) is 65.4 Å². The average Bonchev–Trinajstić information content (AvgIpc) is 3.27. The Bertz CT molecular complexity index is 1370. The van der Waals surface area contributed by atoms with Crippen molar-refractivity contribution >= 4 is 49.7 Å². The number of aromatic nitrogens is 2. The first-order chi connectivity index (χ1) is 15.3. The Morgan fingerprint density at radius 2 is 1.72 bits per heavy atom. The number of carbonyl (C=O) groups excluding carboxylic acids is 1. The van der Waals surface area contributed by atoms with Crippen LogP contribution in [0, 0.1) is 0 Å². The summed E-state index contributed by atoms with van der Waals surface area (Å²) in [4.78, 5) is 12.7. The smallest absolute Gasteiger partial charge is 0.264 e. The Kier molecular flexibility index (Phi) is 6.22. The summed E-state index contributed by atoms with van der Waals surface area (Å²) in [5, 5.41) is 12.2. The maximum Gasteiger partial charge on any atom is 0.264 e. The Labute approximate surface area is 194 Å². The SMILES string of the molecule is CN(c1cccc(Cl)c1)S(=O)(=O)c1cccc(C(=O)Nc2nnc(-c3ccccc3)s2)c1. The highest BCUT2D eigenvalue weighted by Gasteiger charge is 2.23. The Balaban J connectivity index is 1.55. The predicted octanol–water partition coefficient (Wildman–Crippen LogP) is 4.94. The van der Waals surface area contributed by atoms with Gasteiger partial charge in [-0.2, -0.15) is 0 Å². The highest BCUT2D eigenvalue weighted by molar-refractivity contribution is 7.92. The lowest BCUT2D eigenvalue weighted by Crippen LogP contribution is -2.26. The summed E-state index contributed by atoms with van der Waals surface area (Å²) >= 11 is 7.21. The Hall–Kier alpha value is -3.27. The van der Waals surface area contributed by atoms with E-state index in [1.165, 1.54) is 42.6 Å². The molecule has 0 bridgehead atoms. The third-order valence-electron chi connectivity index (χ3n) is 4.59. The zero-order valence-electron chi connectivity index (χ0n) is 16.8. The number of amides is 1. The van der Waals surface area contributed by atoms with Crippen LogP contribution >= 0.6 is 22.9 Å². The van der Waals surface area contributed by atoms with Crippen molar-refractivity contribution in [3.8, 4) is 10.6 Å². The van der Waals surface area contributed by atoms with Crippen molar-refractivity contribution in [3.05, 3.63) is 89.4 Å². The van der Waals surface area contributed by atoms with Gasteiger partial charge in [-0.15, -0.1) is 10.2 Å². The van der Waals surface area contributed by atoms with E-state index in [4.69, 9.17) is 11.6 Å². The van der Waals surface area contributed by atoms with Crippen molar-refractivity contribution < 1.29 is 13.2 Å². The van der Waals surface area contributed by atoms with Crippen LogP contribution in [-0.2, 0) is 10.0 Å². The van der Waals surface area contributed by atoms with Crippen molar-refractivity contribution in [2.45, 2.75) is 4.90 Å². The molecule has 1 amide bonds. The van der Waals surface area contributed by atoms with Crippen LogP contribution in [0.5, 0.6) is 0 Å². The van der Waals surface area contributed by atoms with E-state index in [1.807, 2.05) is 30.3 Å². The Morgan fingerprint density at radius 1 is 0.969 bits per heavy atom. The maximum absolute atomic E-state index is 13.1. The van der Waals surface area contributed by atoms with Crippen LogP contribution in [0.1, 0.15) is 10.4 Å². The van der Waals surface area contributed by atoms with Gasteiger partial charge in [0.2, 0.25) is 5.13 Å². The second-order valence-corrected chi connectivity index (χ2v) is 10.1. The topological polar surface area (TPSA) is 92.3 Å². The molecule has 0 spiro atoms. The molecule has 7 nitrogen and oxygen atoms in total. The fourth-order valence-electron chi connectivity index (χ4n) is 2.91. The molecule has 162 valence electrons. The molecule has 0 unspecified atom stereocenters. The van der Waals surface area contributed by atoms with Crippen molar-refractivity contribution in [1.82, 2.24) is 10.2 Å². The molecule has 32 heavy (non-hydrogen) atoms. The van der Waals surface area contributed by atoms with Crippen LogP contribution in [0.2, 0.25) is 5.02 Å². The molecule has 0 radical (unpaired) electrons. The lowest BCUT2D eigenvalue weighted by molar-refractivity contribution is 0.102. The van der Waals surface area contributed by atoms with E-state index in [9.17, 15) is 13.2 Å². The van der Waals surface area contributed by atoms with Gasteiger partial charge in [0.25, 0.3) is 15.9 Å². The van der Waals surface area contributed by atoms with Gasteiger partial charge in [0, 0.05) is 23.2 Å². The predicted molar refractivity (Wildman–Crippen MR) is 127 cm³/mol. The van der Waals surface area contributed by atoms with E-state index in [2.05, 4.69) is 15.5 Å². The molecule has 1 N–H and O–H groups in total. The van der Waals surface area contributed by atoms with Gasteiger partial charge in [-0.25, -0.2) is 8.42 Å². The van der Waals surface area contributed by atoms with Crippen LogP contribution in [-0.4, -0.2) is 31.6 Å². The number of hydrogen-bond donors (Lipinski definition) is 1. The molecule has 1 heterocycles. The standard InChI is InChI=1S/C22H17ClN4O3S2/c1-27(18-11-6-10-17(23)14-18)32(29,30)19-12-5-9-16(13-19)20(28)24-22-26-25-21(31-22)15-7-3-2-4-8-15/h2-14H,1H3,(H,24,26,28). The second kappa shape index (κ2) is 9.07. The quantitative estimate of drug-likeness (QED) is 0.418. The average molecular weight is 485 g/mol.